The third-order valence-electron chi connectivity index (χ3n) is 5.97. The molecular weight excluding hydrogens is 392 g/mol. The molecule has 0 aliphatic carbocycles. The molecule has 32 heavy (non-hydrogen) atoms. The first-order valence-corrected chi connectivity index (χ1v) is 11.5. The van der Waals surface area contributed by atoms with Crippen molar-refractivity contribution in [3.05, 3.63) is 109 Å². The minimum absolute atomic E-state index is 0.0790. The molecule has 1 amide bonds. The number of benzene rings is 1. The van der Waals surface area contributed by atoms with Gasteiger partial charge in [0.25, 0.3) is 0 Å². The van der Waals surface area contributed by atoms with Gasteiger partial charge in [0.15, 0.2) is 0 Å². The van der Waals surface area contributed by atoms with Gasteiger partial charge in [0.2, 0.25) is 5.91 Å². The van der Waals surface area contributed by atoms with E-state index in [1.54, 1.807) is 12.2 Å². The van der Waals surface area contributed by atoms with Crippen molar-refractivity contribution in [3.63, 3.8) is 0 Å². The van der Waals surface area contributed by atoms with Crippen LogP contribution in [0.15, 0.2) is 103 Å². The number of allylic oxidation sites excluding steroid dienone is 7. The summed E-state index contributed by atoms with van der Waals surface area (Å²) in [5.41, 5.74) is 3.07. The highest BCUT2D eigenvalue weighted by Crippen LogP contribution is 2.29. The van der Waals surface area contributed by atoms with Gasteiger partial charge in [-0.05, 0) is 56.5 Å². The Morgan fingerprint density at radius 2 is 1.75 bits per heavy atom. The van der Waals surface area contributed by atoms with Crippen LogP contribution in [0.1, 0.15) is 38.2 Å². The van der Waals surface area contributed by atoms with Crippen LogP contribution in [0.3, 0.4) is 0 Å². The maximum atomic E-state index is 14.1. The average molecular weight is 431 g/mol. The smallest absolute Gasteiger partial charge is 0.234 e. The molecule has 0 spiro atoms. The van der Waals surface area contributed by atoms with E-state index in [9.17, 15) is 4.79 Å². The molecule has 3 nitrogen and oxygen atoms in total. The third kappa shape index (κ3) is 6.80. The van der Waals surface area contributed by atoms with Crippen molar-refractivity contribution in [1.29, 1.82) is 0 Å². The number of hydrogen-bond donors (Lipinski definition) is 0. The van der Waals surface area contributed by atoms with Crippen molar-refractivity contribution >= 4 is 5.91 Å². The van der Waals surface area contributed by atoms with Gasteiger partial charge in [-0.15, -0.1) is 0 Å². The Labute approximate surface area is 194 Å². The van der Waals surface area contributed by atoms with Crippen LogP contribution in [-0.2, 0) is 4.79 Å². The van der Waals surface area contributed by atoms with Gasteiger partial charge in [-0.25, -0.2) is 0 Å². The van der Waals surface area contributed by atoms with E-state index in [1.807, 2.05) is 92.6 Å². The third-order valence-corrected chi connectivity index (χ3v) is 5.97. The Morgan fingerprint density at radius 1 is 1.06 bits per heavy atom. The fraction of sp³-hybridized carbons (Fsp3) is 0.345. The summed E-state index contributed by atoms with van der Waals surface area (Å²) < 4.78 is 0. The van der Waals surface area contributed by atoms with E-state index in [0.29, 0.717) is 0 Å². The number of likely N-dealkylation sites (N-methyl/N-ethyl adjacent to an activating group) is 1. The van der Waals surface area contributed by atoms with E-state index in [1.165, 1.54) is 12.8 Å². The zero-order valence-electron chi connectivity index (χ0n) is 19.9. The van der Waals surface area contributed by atoms with Crippen LogP contribution >= 0.6 is 0 Å². The molecule has 1 aliphatic heterocycles. The first-order chi connectivity index (χ1) is 15.6. The molecule has 1 fully saturated rings. The van der Waals surface area contributed by atoms with Crippen LogP contribution in [0.25, 0.3) is 0 Å². The summed E-state index contributed by atoms with van der Waals surface area (Å²) in [6, 6.07) is 9.98. The Morgan fingerprint density at radius 3 is 2.31 bits per heavy atom. The second-order valence-corrected chi connectivity index (χ2v) is 8.10. The maximum Gasteiger partial charge on any atom is 0.234 e. The number of amides is 1. The zero-order valence-corrected chi connectivity index (χ0v) is 19.9. The summed E-state index contributed by atoms with van der Waals surface area (Å²) in [5, 5.41) is 0. The molecule has 1 aliphatic rings. The molecule has 0 N–H and O–H groups in total. The van der Waals surface area contributed by atoms with E-state index in [-0.39, 0.29) is 17.9 Å². The lowest BCUT2D eigenvalue weighted by Gasteiger charge is -2.35. The van der Waals surface area contributed by atoms with E-state index in [4.69, 9.17) is 0 Å². The zero-order chi connectivity index (χ0) is 23.3. The van der Waals surface area contributed by atoms with Crippen molar-refractivity contribution in [2.45, 2.75) is 38.6 Å². The molecule has 0 radical (unpaired) electrons. The highest BCUT2D eigenvalue weighted by molar-refractivity contribution is 5.88. The minimum atomic E-state index is -0.350. The number of carbonyl (C=O) groups excluding carboxylic acids is 1. The molecule has 0 saturated carbocycles. The first-order valence-electron chi connectivity index (χ1n) is 11.5. The Hall–Kier alpha value is -2.91. The molecule has 170 valence electrons. The Bertz CT molecular complexity index is 870. The molecule has 2 atom stereocenters. The van der Waals surface area contributed by atoms with Gasteiger partial charge < -0.3 is 9.80 Å². The van der Waals surface area contributed by atoms with Crippen LogP contribution in [0.4, 0.5) is 0 Å². The molecule has 0 aromatic heterocycles. The predicted molar refractivity (Wildman–Crippen MR) is 138 cm³/mol. The quantitative estimate of drug-likeness (QED) is 0.398. The summed E-state index contributed by atoms with van der Waals surface area (Å²) in [6.07, 6.45) is 18.0. The predicted octanol–water partition coefficient (Wildman–Crippen LogP) is 6.07. The van der Waals surface area contributed by atoms with Crippen LogP contribution in [0.2, 0.25) is 0 Å². The average Bonchev–Trinajstić information content (AvgIpc) is 3.33. The molecular formula is C29H38N2O. The van der Waals surface area contributed by atoms with Gasteiger partial charge in [-0.2, -0.15) is 0 Å². The van der Waals surface area contributed by atoms with Crippen molar-refractivity contribution < 1.29 is 4.79 Å². The largest absolute Gasteiger partial charge is 0.337 e. The van der Waals surface area contributed by atoms with Crippen LogP contribution in [-0.4, -0.2) is 48.4 Å². The fourth-order valence-corrected chi connectivity index (χ4v) is 4.29. The van der Waals surface area contributed by atoms with Crippen LogP contribution in [0, 0.1) is 0 Å². The van der Waals surface area contributed by atoms with Gasteiger partial charge in [0.1, 0.15) is 0 Å². The molecule has 2 rings (SSSR count). The van der Waals surface area contributed by atoms with E-state index >= 15 is 0 Å². The molecule has 1 aromatic rings. The molecule has 1 aromatic carbocycles. The second-order valence-electron chi connectivity index (χ2n) is 8.10. The van der Waals surface area contributed by atoms with E-state index in [2.05, 4.69) is 18.1 Å². The van der Waals surface area contributed by atoms with Crippen molar-refractivity contribution in [3.8, 4) is 0 Å². The first kappa shape index (κ1) is 25.4. The Balaban J connectivity index is 2.49. The number of nitrogens with zero attached hydrogens (tertiary/aromatic N) is 2. The maximum absolute atomic E-state index is 14.1. The van der Waals surface area contributed by atoms with Crippen LogP contribution in [0.5, 0.6) is 0 Å². The molecule has 0 bridgehead atoms. The van der Waals surface area contributed by atoms with Crippen molar-refractivity contribution in [1.82, 2.24) is 9.80 Å². The van der Waals surface area contributed by atoms with Gasteiger partial charge >= 0.3 is 0 Å². The number of hydrogen-bond acceptors (Lipinski definition) is 2. The standard InChI is InChI=1S/C29H38N2O/c1-6-10-18-25(17-8-3)27(23-31-21-14-15-22-31)30(5)29(32)28(24(9-4)16-7-2)26-19-12-11-13-20-26/h6-13,16-20,27-28H,1,3,14-15,21-23H2,2,4-5H3/b16-7-,18-10-,24-9+,25-17+. The Kier molecular flexibility index (Phi) is 10.7. The van der Waals surface area contributed by atoms with Gasteiger partial charge in [0.05, 0.1) is 12.0 Å². The normalized spacial score (nSPS) is 17.6. The lowest BCUT2D eigenvalue weighted by atomic mass is 9.88. The number of rotatable bonds is 11. The molecule has 2 unspecified atom stereocenters. The summed E-state index contributed by atoms with van der Waals surface area (Å²) >= 11 is 0. The van der Waals surface area contributed by atoms with Gasteiger partial charge in [-0.3, -0.25) is 4.79 Å². The van der Waals surface area contributed by atoms with Gasteiger partial charge in [0, 0.05) is 13.6 Å². The van der Waals surface area contributed by atoms with Crippen LogP contribution < -0.4 is 0 Å². The SMILES string of the molecule is C=C/C=C\C(=C/C=C)C(CN1CCCC1)N(C)C(=O)C(C(/C=C\C)=C/C)c1ccccc1. The fourth-order valence-electron chi connectivity index (χ4n) is 4.29. The second kappa shape index (κ2) is 13.5. The summed E-state index contributed by atoms with van der Waals surface area (Å²) in [4.78, 5) is 18.4. The summed E-state index contributed by atoms with van der Waals surface area (Å²) in [5.74, 6) is -0.259. The molecule has 1 saturated heterocycles. The lowest BCUT2D eigenvalue weighted by Crippen LogP contribution is -2.47. The van der Waals surface area contributed by atoms with Crippen molar-refractivity contribution in [2.24, 2.45) is 0 Å². The number of likely N-dealkylation sites (tertiary alicyclic amines) is 1. The molecule has 3 heteroatoms. The highest BCUT2D eigenvalue weighted by Gasteiger charge is 2.32. The number of carbonyl (C=O) groups is 1. The molecule has 1 heterocycles. The summed E-state index contributed by atoms with van der Waals surface area (Å²) in [7, 11) is 1.93. The minimum Gasteiger partial charge on any atom is -0.337 e. The topological polar surface area (TPSA) is 23.6 Å². The summed E-state index contributed by atoms with van der Waals surface area (Å²) in [6.45, 7) is 14.7. The van der Waals surface area contributed by atoms with E-state index in [0.717, 1.165) is 36.3 Å². The van der Waals surface area contributed by atoms with E-state index < -0.39 is 0 Å². The monoisotopic (exact) mass is 430 g/mol. The van der Waals surface area contributed by atoms with Crippen molar-refractivity contribution in [2.75, 3.05) is 26.7 Å². The lowest BCUT2D eigenvalue weighted by molar-refractivity contribution is -0.132. The highest BCUT2D eigenvalue weighted by atomic mass is 16.2. The van der Waals surface area contributed by atoms with Gasteiger partial charge in [-0.1, -0.05) is 92.1 Å².